The molecule has 0 atom stereocenters. The summed E-state index contributed by atoms with van der Waals surface area (Å²) in [5.41, 5.74) is 1.000. The maximum Gasteiger partial charge on any atom is 0.153 e. The molecule has 12 heavy (non-hydrogen) atoms. The first kappa shape index (κ1) is 8.59. The Morgan fingerprint density at radius 2 is 2.50 bits per heavy atom. The van der Waals surface area contributed by atoms with Crippen LogP contribution in [0.2, 0.25) is 0 Å². The quantitative estimate of drug-likeness (QED) is 0.713. The minimum Gasteiger partial charge on any atom is -0.382 e. The second-order valence-electron chi connectivity index (χ2n) is 2.28. The van der Waals surface area contributed by atoms with E-state index in [9.17, 15) is 0 Å². The second kappa shape index (κ2) is 4.38. The fraction of sp³-hybridized carbons (Fsp3) is 0.222. The minimum absolute atomic E-state index is 0.814. The van der Waals surface area contributed by atoms with Crippen LogP contribution in [-0.4, -0.2) is 11.5 Å². The first-order chi connectivity index (χ1) is 5.88. The van der Waals surface area contributed by atoms with E-state index < -0.39 is 0 Å². The van der Waals surface area contributed by atoms with E-state index in [0.29, 0.717) is 0 Å². The minimum atomic E-state index is 0.814. The molecule has 0 aliphatic rings. The maximum absolute atomic E-state index is 4.14. The van der Waals surface area contributed by atoms with Crippen LogP contribution in [0.1, 0.15) is 6.92 Å². The van der Waals surface area contributed by atoms with Gasteiger partial charge in [-0.15, -0.1) is 0 Å². The average Bonchev–Trinajstić information content (AvgIpc) is 2.09. The predicted molar refractivity (Wildman–Crippen MR) is 52.2 cm³/mol. The van der Waals surface area contributed by atoms with E-state index in [-0.39, 0.29) is 0 Å². The Morgan fingerprint density at radius 1 is 1.67 bits per heavy atom. The lowest BCUT2D eigenvalue weighted by Crippen LogP contribution is -2.01. The molecule has 0 aliphatic heterocycles. The van der Waals surface area contributed by atoms with Gasteiger partial charge in [-0.2, -0.15) is 0 Å². The smallest absolute Gasteiger partial charge is 0.153 e. The zero-order valence-corrected chi connectivity index (χ0v) is 7.17. The fourth-order valence-electron chi connectivity index (χ4n) is 0.950. The molecule has 3 heteroatoms. The van der Waals surface area contributed by atoms with Crippen molar-refractivity contribution in [2.45, 2.75) is 6.92 Å². The van der Waals surface area contributed by atoms with Crippen molar-refractivity contribution in [2.75, 3.05) is 17.2 Å². The zero-order chi connectivity index (χ0) is 8.81. The van der Waals surface area contributed by atoms with E-state index >= 15 is 0 Å². The van der Waals surface area contributed by atoms with Gasteiger partial charge in [0.15, 0.2) is 5.82 Å². The van der Waals surface area contributed by atoms with Crippen LogP contribution in [0, 0.1) is 0 Å². The van der Waals surface area contributed by atoms with Crippen molar-refractivity contribution in [1.29, 1.82) is 0 Å². The number of anilines is 2. The number of hydrogen-bond donors (Lipinski definition) is 2. The molecule has 0 saturated heterocycles. The molecule has 0 aliphatic carbocycles. The Labute approximate surface area is 72.5 Å². The van der Waals surface area contributed by atoms with E-state index in [0.717, 1.165) is 18.1 Å². The van der Waals surface area contributed by atoms with Gasteiger partial charge in [-0.1, -0.05) is 6.58 Å². The molecular weight excluding hydrogens is 150 g/mol. The van der Waals surface area contributed by atoms with Gasteiger partial charge in [0, 0.05) is 12.7 Å². The molecule has 0 radical (unpaired) electrons. The Bertz CT molecular complexity index is 258. The normalized spacial score (nSPS) is 9.08. The van der Waals surface area contributed by atoms with Crippen molar-refractivity contribution >= 4 is 11.5 Å². The summed E-state index contributed by atoms with van der Waals surface area (Å²) in [6.07, 6.45) is 3.36. The number of aromatic nitrogens is 1. The van der Waals surface area contributed by atoms with Gasteiger partial charge in [0.2, 0.25) is 0 Å². The monoisotopic (exact) mass is 163 g/mol. The van der Waals surface area contributed by atoms with Gasteiger partial charge in [0.25, 0.3) is 0 Å². The van der Waals surface area contributed by atoms with E-state index in [1.165, 1.54) is 0 Å². The lowest BCUT2D eigenvalue weighted by molar-refractivity contribution is 1.19. The Kier molecular flexibility index (Phi) is 3.14. The average molecular weight is 163 g/mol. The van der Waals surface area contributed by atoms with Crippen LogP contribution in [-0.2, 0) is 0 Å². The lowest BCUT2D eigenvalue weighted by Gasteiger charge is -2.07. The molecule has 0 aromatic carbocycles. The topological polar surface area (TPSA) is 37.0 Å². The van der Waals surface area contributed by atoms with Crippen molar-refractivity contribution < 1.29 is 0 Å². The van der Waals surface area contributed by atoms with Crippen LogP contribution in [0.4, 0.5) is 11.5 Å². The number of hydrogen-bond acceptors (Lipinski definition) is 3. The lowest BCUT2D eigenvalue weighted by atomic mass is 10.4. The molecule has 0 unspecified atom stereocenters. The van der Waals surface area contributed by atoms with Gasteiger partial charge in [-0.25, -0.2) is 4.98 Å². The molecule has 2 N–H and O–H groups in total. The molecule has 64 valence electrons. The van der Waals surface area contributed by atoms with Gasteiger partial charge >= 0.3 is 0 Å². The molecule has 0 fully saturated rings. The first-order valence-electron chi connectivity index (χ1n) is 3.94. The summed E-state index contributed by atoms with van der Waals surface area (Å²) < 4.78 is 0. The van der Waals surface area contributed by atoms with Crippen LogP contribution >= 0.6 is 0 Å². The Morgan fingerprint density at radius 3 is 3.17 bits per heavy atom. The van der Waals surface area contributed by atoms with E-state index in [2.05, 4.69) is 22.2 Å². The molecule has 0 bridgehead atoms. The van der Waals surface area contributed by atoms with Gasteiger partial charge < -0.3 is 10.6 Å². The third kappa shape index (κ3) is 1.99. The molecule has 1 aromatic rings. The molecule has 0 amide bonds. The summed E-state index contributed by atoms with van der Waals surface area (Å²) in [5.74, 6) is 0.814. The summed E-state index contributed by atoms with van der Waals surface area (Å²) in [5, 5.41) is 6.14. The third-order valence-electron chi connectivity index (χ3n) is 1.41. The highest BCUT2D eigenvalue weighted by Gasteiger charge is 1.97. The van der Waals surface area contributed by atoms with Crippen LogP contribution in [0.5, 0.6) is 0 Å². The van der Waals surface area contributed by atoms with Crippen molar-refractivity contribution in [3.63, 3.8) is 0 Å². The molecule has 1 aromatic heterocycles. The van der Waals surface area contributed by atoms with E-state index in [1.807, 2.05) is 19.1 Å². The first-order valence-corrected chi connectivity index (χ1v) is 3.94. The fourth-order valence-corrected chi connectivity index (χ4v) is 0.950. The van der Waals surface area contributed by atoms with E-state index in [1.54, 1.807) is 12.4 Å². The van der Waals surface area contributed by atoms with Crippen molar-refractivity contribution in [1.82, 2.24) is 4.98 Å². The summed E-state index contributed by atoms with van der Waals surface area (Å²) in [6, 6.07) is 3.87. The SMILES string of the molecule is C=CNc1ncccc1NCC. The number of rotatable bonds is 4. The Hall–Kier alpha value is -1.51. The van der Waals surface area contributed by atoms with Crippen LogP contribution in [0.25, 0.3) is 0 Å². The van der Waals surface area contributed by atoms with Gasteiger partial charge in [0.1, 0.15) is 0 Å². The highest BCUT2D eigenvalue weighted by molar-refractivity contribution is 5.64. The van der Waals surface area contributed by atoms with E-state index in [4.69, 9.17) is 0 Å². The summed E-state index contributed by atoms with van der Waals surface area (Å²) in [4.78, 5) is 4.14. The van der Waals surface area contributed by atoms with Gasteiger partial charge in [-0.05, 0) is 25.3 Å². The number of nitrogens with zero attached hydrogens (tertiary/aromatic N) is 1. The van der Waals surface area contributed by atoms with Gasteiger partial charge in [-0.3, -0.25) is 0 Å². The molecular formula is C9H13N3. The third-order valence-corrected chi connectivity index (χ3v) is 1.41. The molecule has 1 rings (SSSR count). The van der Waals surface area contributed by atoms with Gasteiger partial charge in [0.05, 0.1) is 5.69 Å². The highest BCUT2D eigenvalue weighted by Crippen LogP contribution is 2.16. The Balaban J connectivity index is 2.83. The maximum atomic E-state index is 4.14. The van der Waals surface area contributed by atoms with Crippen molar-refractivity contribution in [3.8, 4) is 0 Å². The van der Waals surface area contributed by atoms with Crippen LogP contribution in [0.3, 0.4) is 0 Å². The summed E-state index contributed by atoms with van der Waals surface area (Å²) >= 11 is 0. The predicted octanol–water partition coefficient (Wildman–Crippen LogP) is 2.07. The summed E-state index contributed by atoms with van der Waals surface area (Å²) in [7, 11) is 0. The van der Waals surface area contributed by atoms with Crippen LogP contribution in [0.15, 0.2) is 31.1 Å². The number of pyridine rings is 1. The standard InChI is InChI=1S/C9H13N3/c1-3-10-8-6-5-7-12-9(8)11-4-2/h4-7,10H,2-3H2,1H3,(H,11,12). The molecule has 0 spiro atoms. The molecule has 3 nitrogen and oxygen atoms in total. The highest BCUT2D eigenvalue weighted by atomic mass is 15.0. The second-order valence-corrected chi connectivity index (χ2v) is 2.28. The number of nitrogens with one attached hydrogen (secondary N) is 2. The summed E-state index contributed by atoms with van der Waals surface area (Å²) in [6.45, 7) is 6.51. The van der Waals surface area contributed by atoms with Crippen molar-refractivity contribution in [2.24, 2.45) is 0 Å². The molecule has 1 heterocycles. The van der Waals surface area contributed by atoms with Crippen LogP contribution < -0.4 is 10.6 Å². The largest absolute Gasteiger partial charge is 0.382 e. The zero-order valence-electron chi connectivity index (χ0n) is 7.17. The van der Waals surface area contributed by atoms with Crippen molar-refractivity contribution in [3.05, 3.63) is 31.1 Å². The molecule has 0 saturated carbocycles.